The lowest BCUT2D eigenvalue weighted by Gasteiger charge is -2.28. The van der Waals surface area contributed by atoms with Crippen molar-refractivity contribution in [3.63, 3.8) is 0 Å². The number of aromatic nitrogens is 2. The standard InChI is InChI=1S/C23H32N4OS/c1-16-7-9-19(10-8-16)21(27-13-5-6-14-27)15-24-22(28)12-11-20-17(2)25-23(29-4)26-18(20)3/h7-10,21H,5-6,11-15H2,1-4H3,(H,24,28). The van der Waals surface area contributed by atoms with Crippen LogP contribution in [-0.2, 0) is 11.2 Å². The summed E-state index contributed by atoms with van der Waals surface area (Å²) in [6, 6.07) is 8.95. The molecule has 0 saturated carbocycles. The number of hydrogen-bond donors (Lipinski definition) is 1. The molecular weight excluding hydrogens is 380 g/mol. The van der Waals surface area contributed by atoms with Crippen LogP contribution in [0.4, 0.5) is 0 Å². The summed E-state index contributed by atoms with van der Waals surface area (Å²) in [6.45, 7) is 8.97. The van der Waals surface area contributed by atoms with Gasteiger partial charge in [-0.05, 0) is 70.5 Å². The van der Waals surface area contributed by atoms with Gasteiger partial charge in [-0.3, -0.25) is 9.69 Å². The maximum Gasteiger partial charge on any atom is 0.220 e. The van der Waals surface area contributed by atoms with Crippen LogP contribution in [0, 0.1) is 20.8 Å². The van der Waals surface area contributed by atoms with E-state index in [1.165, 1.54) is 24.0 Å². The molecule has 5 nitrogen and oxygen atoms in total. The summed E-state index contributed by atoms with van der Waals surface area (Å²) in [5.41, 5.74) is 5.59. The Balaban J connectivity index is 1.59. The van der Waals surface area contributed by atoms with Gasteiger partial charge in [0.05, 0.1) is 6.04 Å². The van der Waals surface area contributed by atoms with Gasteiger partial charge in [0.1, 0.15) is 0 Å². The maximum atomic E-state index is 12.6. The minimum Gasteiger partial charge on any atom is -0.354 e. The Labute approximate surface area is 178 Å². The van der Waals surface area contributed by atoms with E-state index in [0.717, 1.165) is 35.2 Å². The molecule has 1 fully saturated rings. The first-order valence-electron chi connectivity index (χ1n) is 10.4. The highest BCUT2D eigenvalue weighted by atomic mass is 32.2. The molecule has 1 atom stereocenters. The molecule has 1 saturated heterocycles. The number of carbonyl (C=O) groups is 1. The van der Waals surface area contributed by atoms with Gasteiger partial charge in [0.15, 0.2) is 5.16 Å². The van der Waals surface area contributed by atoms with Gasteiger partial charge in [0.25, 0.3) is 0 Å². The minimum atomic E-state index is 0.0917. The SMILES string of the molecule is CSc1nc(C)c(CCC(=O)NCC(c2ccc(C)cc2)N2CCCC2)c(C)n1. The third-order valence-electron chi connectivity index (χ3n) is 5.72. The maximum absolute atomic E-state index is 12.6. The molecule has 1 unspecified atom stereocenters. The fourth-order valence-corrected chi connectivity index (χ4v) is 4.46. The van der Waals surface area contributed by atoms with Crippen LogP contribution in [0.3, 0.4) is 0 Å². The highest BCUT2D eigenvalue weighted by Crippen LogP contribution is 2.25. The number of amides is 1. The number of likely N-dealkylation sites (tertiary alicyclic amines) is 1. The number of hydrogen-bond acceptors (Lipinski definition) is 5. The molecule has 1 aliphatic rings. The van der Waals surface area contributed by atoms with Crippen LogP contribution >= 0.6 is 11.8 Å². The van der Waals surface area contributed by atoms with E-state index < -0.39 is 0 Å². The van der Waals surface area contributed by atoms with Crippen molar-refractivity contribution in [2.75, 3.05) is 25.9 Å². The van der Waals surface area contributed by atoms with E-state index in [0.29, 0.717) is 19.4 Å². The fourth-order valence-electron chi connectivity index (χ4n) is 4.00. The molecule has 0 spiro atoms. The first-order chi connectivity index (χ1) is 14.0. The van der Waals surface area contributed by atoms with Gasteiger partial charge in [-0.2, -0.15) is 0 Å². The predicted octanol–water partition coefficient (Wildman–Crippen LogP) is 4.01. The molecule has 1 amide bonds. The van der Waals surface area contributed by atoms with Crippen molar-refractivity contribution in [1.82, 2.24) is 20.2 Å². The molecular formula is C23H32N4OS. The second-order valence-corrected chi connectivity index (χ2v) is 8.61. The zero-order valence-electron chi connectivity index (χ0n) is 18.0. The lowest BCUT2D eigenvalue weighted by atomic mass is 10.0. The molecule has 6 heteroatoms. The highest BCUT2D eigenvalue weighted by Gasteiger charge is 2.24. The van der Waals surface area contributed by atoms with Crippen molar-refractivity contribution in [2.24, 2.45) is 0 Å². The van der Waals surface area contributed by atoms with Gasteiger partial charge in [0, 0.05) is 24.4 Å². The van der Waals surface area contributed by atoms with Crippen molar-refractivity contribution in [3.05, 3.63) is 52.3 Å². The van der Waals surface area contributed by atoms with Crippen molar-refractivity contribution >= 4 is 17.7 Å². The van der Waals surface area contributed by atoms with E-state index in [2.05, 4.69) is 51.4 Å². The van der Waals surface area contributed by atoms with Gasteiger partial charge in [0.2, 0.25) is 5.91 Å². The van der Waals surface area contributed by atoms with Gasteiger partial charge < -0.3 is 5.32 Å². The van der Waals surface area contributed by atoms with E-state index >= 15 is 0 Å². The molecule has 0 radical (unpaired) electrons. The fraction of sp³-hybridized carbons (Fsp3) is 0.522. The summed E-state index contributed by atoms with van der Waals surface area (Å²) in [6.07, 6.45) is 5.59. The number of carbonyl (C=O) groups excluding carboxylic acids is 1. The van der Waals surface area contributed by atoms with Crippen LogP contribution in [0.5, 0.6) is 0 Å². The van der Waals surface area contributed by atoms with Crippen LogP contribution < -0.4 is 5.32 Å². The molecule has 1 aromatic heterocycles. The summed E-state index contributed by atoms with van der Waals surface area (Å²) in [5.74, 6) is 0.0917. The topological polar surface area (TPSA) is 58.1 Å². The number of nitrogens with zero attached hydrogens (tertiary/aromatic N) is 3. The largest absolute Gasteiger partial charge is 0.354 e. The Morgan fingerprint density at radius 3 is 2.31 bits per heavy atom. The number of nitrogens with one attached hydrogen (secondary N) is 1. The zero-order valence-corrected chi connectivity index (χ0v) is 18.8. The molecule has 2 heterocycles. The van der Waals surface area contributed by atoms with Crippen LogP contribution in [0.1, 0.15) is 53.4 Å². The molecule has 0 bridgehead atoms. The van der Waals surface area contributed by atoms with E-state index in [1.54, 1.807) is 11.8 Å². The van der Waals surface area contributed by atoms with Crippen molar-refractivity contribution in [2.45, 2.75) is 57.7 Å². The van der Waals surface area contributed by atoms with Gasteiger partial charge >= 0.3 is 0 Å². The van der Waals surface area contributed by atoms with Crippen LogP contribution in [0.15, 0.2) is 29.4 Å². The zero-order chi connectivity index (χ0) is 20.8. The Hall–Kier alpha value is -1.92. The van der Waals surface area contributed by atoms with Crippen molar-refractivity contribution < 1.29 is 4.79 Å². The summed E-state index contributed by atoms with van der Waals surface area (Å²) in [4.78, 5) is 24.1. The Morgan fingerprint density at radius 2 is 1.72 bits per heavy atom. The number of rotatable bonds is 8. The Kier molecular flexibility index (Phi) is 7.67. The molecule has 0 aliphatic carbocycles. The third-order valence-corrected chi connectivity index (χ3v) is 6.27. The third kappa shape index (κ3) is 5.80. The van der Waals surface area contributed by atoms with Gasteiger partial charge in [-0.15, -0.1) is 0 Å². The van der Waals surface area contributed by atoms with Gasteiger partial charge in [-0.1, -0.05) is 41.6 Å². The van der Waals surface area contributed by atoms with E-state index in [-0.39, 0.29) is 11.9 Å². The molecule has 1 aromatic carbocycles. The quantitative estimate of drug-likeness (QED) is 0.524. The average Bonchev–Trinajstić information content (AvgIpc) is 3.23. The summed E-state index contributed by atoms with van der Waals surface area (Å²) in [7, 11) is 0. The van der Waals surface area contributed by atoms with E-state index in [1.807, 2.05) is 20.1 Å². The molecule has 29 heavy (non-hydrogen) atoms. The summed E-state index contributed by atoms with van der Waals surface area (Å²) >= 11 is 1.55. The first kappa shape index (κ1) is 21.8. The van der Waals surface area contributed by atoms with Crippen molar-refractivity contribution in [1.29, 1.82) is 0 Å². The van der Waals surface area contributed by atoms with Crippen molar-refractivity contribution in [3.8, 4) is 0 Å². The number of benzene rings is 1. The van der Waals surface area contributed by atoms with Crippen LogP contribution in [-0.4, -0.2) is 46.7 Å². The predicted molar refractivity (Wildman–Crippen MR) is 119 cm³/mol. The highest BCUT2D eigenvalue weighted by molar-refractivity contribution is 7.98. The smallest absolute Gasteiger partial charge is 0.220 e. The second kappa shape index (κ2) is 10.2. The van der Waals surface area contributed by atoms with Crippen LogP contribution in [0.25, 0.3) is 0 Å². The minimum absolute atomic E-state index is 0.0917. The Bertz CT molecular complexity index is 808. The molecule has 3 rings (SSSR count). The molecule has 2 aromatic rings. The normalized spacial score (nSPS) is 15.4. The lowest BCUT2D eigenvalue weighted by molar-refractivity contribution is -0.121. The van der Waals surface area contributed by atoms with Gasteiger partial charge in [-0.25, -0.2) is 9.97 Å². The summed E-state index contributed by atoms with van der Waals surface area (Å²) < 4.78 is 0. The molecule has 156 valence electrons. The Morgan fingerprint density at radius 1 is 1.10 bits per heavy atom. The number of aryl methyl sites for hydroxylation is 3. The summed E-state index contributed by atoms with van der Waals surface area (Å²) in [5, 5.41) is 3.97. The monoisotopic (exact) mass is 412 g/mol. The first-order valence-corrected chi connectivity index (χ1v) is 11.7. The lowest BCUT2D eigenvalue weighted by Crippen LogP contribution is -2.36. The molecule has 1 N–H and O–H groups in total. The average molecular weight is 413 g/mol. The second-order valence-electron chi connectivity index (χ2n) is 7.83. The van der Waals surface area contributed by atoms with Crippen LogP contribution in [0.2, 0.25) is 0 Å². The van der Waals surface area contributed by atoms with E-state index in [4.69, 9.17) is 0 Å². The molecule has 1 aliphatic heterocycles. The number of thioether (sulfide) groups is 1. The van der Waals surface area contributed by atoms with E-state index in [9.17, 15) is 4.79 Å².